The lowest BCUT2D eigenvalue weighted by molar-refractivity contribution is -0.127. The Morgan fingerprint density at radius 2 is 2.13 bits per heavy atom. The van der Waals surface area contributed by atoms with Crippen molar-refractivity contribution in [1.82, 2.24) is 14.9 Å². The first-order chi connectivity index (χ1) is 11.0. The molecule has 2 heterocycles. The van der Waals surface area contributed by atoms with Crippen molar-refractivity contribution in [2.45, 2.75) is 38.0 Å². The summed E-state index contributed by atoms with van der Waals surface area (Å²) in [6.45, 7) is -0.129. The Bertz CT molecular complexity index is 814. The number of aromatic nitrogens is 2. The Kier molecular flexibility index (Phi) is 4.20. The highest BCUT2D eigenvalue weighted by molar-refractivity contribution is 5.82. The molecule has 2 N–H and O–H groups in total. The van der Waals surface area contributed by atoms with Crippen LogP contribution >= 0.6 is 0 Å². The number of hydrogen-bond acceptors (Lipinski definition) is 5. The molecule has 23 heavy (non-hydrogen) atoms. The van der Waals surface area contributed by atoms with Crippen LogP contribution in [0.3, 0.4) is 0 Å². The lowest BCUT2D eigenvalue weighted by atomic mass is 9.96. The molecular weight excluding hydrogens is 298 g/mol. The van der Waals surface area contributed by atoms with Crippen LogP contribution in [0.25, 0.3) is 10.9 Å². The van der Waals surface area contributed by atoms with Gasteiger partial charge in [0.05, 0.1) is 35.9 Å². The van der Waals surface area contributed by atoms with E-state index >= 15 is 0 Å². The minimum atomic E-state index is -0.733. The monoisotopic (exact) mass is 315 g/mol. The maximum atomic E-state index is 12.3. The summed E-state index contributed by atoms with van der Waals surface area (Å²) in [4.78, 5) is 40.0. The number of aliphatic hydroxyl groups excluding tert-OH is 1. The molecule has 1 aromatic carbocycles. The van der Waals surface area contributed by atoms with Crippen molar-refractivity contribution in [2.75, 3.05) is 0 Å². The molecule has 3 rings (SSSR count). The van der Waals surface area contributed by atoms with Crippen molar-refractivity contribution >= 4 is 22.6 Å². The van der Waals surface area contributed by atoms with Crippen molar-refractivity contribution in [3.63, 3.8) is 0 Å². The number of fused-ring (bicyclic) bond motifs is 1. The van der Waals surface area contributed by atoms with Crippen LogP contribution < -0.4 is 10.9 Å². The molecule has 1 aromatic heterocycles. The number of amides is 1. The van der Waals surface area contributed by atoms with E-state index in [1.54, 1.807) is 24.3 Å². The molecule has 0 aliphatic carbocycles. The second-order valence-corrected chi connectivity index (χ2v) is 5.72. The smallest absolute Gasteiger partial charge is 0.261 e. The van der Waals surface area contributed by atoms with E-state index in [9.17, 15) is 19.5 Å². The number of hydrogen-bond donors (Lipinski definition) is 2. The van der Waals surface area contributed by atoms with Crippen LogP contribution in [-0.2, 0) is 16.1 Å². The number of carbonyl (C=O) groups is 2. The van der Waals surface area contributed by atoms with E-state index in [2.05, 4.69) is 10.3 Å². The molecule has 0 radical (unpaired) electrons. The van der Waals surface area contributed by atoms with Crippen molar-refractivity contribution in [3.05, 3.63) is 40.9 Å². The highest BCUT2D eigenvalue weighted by Gasteiger charge is 2.28. The van der Waals surface area contributed by atoms with Gasteiger partial charge in [-0.2, -0.15) is 0 Å². The lowest BCUT2D eigenvalue weighted by Gasteiger charge is -2.28. The van der Waals surface area contributed by atoms with Gasteiger partial charge < -0.3 is 10.4 Å². The third-order valence-corrected chi connectivity index (χ3v) is 4.00. The summed E-state index contributed by atoms with van der Waals surface area (Å²) in [6, 6.07) is 6.34. The van der Waals surface area contributed by atoms with Crippen LogP contribution in [0.15, 0.2) is 35.4 Å². The Balaban J connectivity index is 1.74. The molecule has 2 atom stereocenters. The van der Waals surface area contributed by atoms with Gasteiger partial charge in [0.2, 0.25) is 5.91 Å². The van der Waals surface area contributed by atoms with E-state index in [1.807, 2.05) is 0 Å². The minimum Gasteiger partial charge on any atom is -0.391 e. The quantitative estimate of drug-likeness (QED) is 0.827. The maximum Gasteiger partial charge on any atom is 0.261 e. The molecule has 1 amide bonds. The zero-order valence-electron chi connectivity index (χ0n) is 12.4. The second kappa shape index (κ2) is 6.29. The summed E-state index contributed by atoms with van der Waals surface area (Å²) in [7, 11) is 0. The number of Topliss-reactive ketones (excluding diaryl/α,β-unsaturated/α-hetero) is 1. The molecular formula is C16H17N3O4. The number of rotatable bonds is 4. The summed E-state index contributed by atoms with van der Waals surface area (Å²) < 4.78 is 1.25. The molecule has 1 aliphatic heterocycles. The second-order valence-electron chi connectivity index (χ2n) is 5.72. The predicted octanol–water partition coefficient (Wildman–Crippen LogP) is -0.00480. The van der Waals surface area contributed by atoms with Gasteiger partial charge in [0.15, 0.2) is 5.78 Å². The molecule has 1 saturated heterocycles. The number of para-hydroxylation sites is 1. The van der Waals surface area contributed by atoms with Crippen molar-refractivity contribution in [2.24, 2.45) is 0 Å². The van der Waals surface area contributed by atoms with E-state index < -0.39 is 12.1 Å². The number of nitrogens with one attached hydrogen (secondary N) is 1. The van der Waals surface area contributed by atoms with Crippen LogP contribution in [0.4, 0.5) is 0 Å². The predicted molar refractivity (Wildman–Crippen MR) is 82.8 cm³/mol. The molecule has 0 unspecified atom stereocenters. The number of aliphatic hydroxyl groups is 1. The first kappa shape index (κ1) is 15.4. The molecule has 0 saturated carbocycles. The number of piperidine rings is 1. The van der Waals surface area contributed by atoms with Gasteiger partial charge in [-0.3, -0.25) is 19.0 Å². The zero-order valence-corrected chi connectivity index (χ0v) is 12.4. The van der Waals surface area contributed by atoms with Gasteiger partial charge in [0.1, 0.15) is 0 Å². The van der Waals surface area contributed by atoms with Crippen molar-refractivity contribution in [1.29, 1.82) is 0 Å². The summed E-state index contributed by atoms with van der Waals surface area (Å²) in [6.07, 6.45) is 1.22. The number of ketones is 1. The first-order valence-corrected chi connectivity index (χ1v) is 7.48. The average molecular weight is 315 g/mol. The summed E-state index contributed by atoms with van der Waals surface area (Å²) >= 11 is 0. The van der Waals surface area contributed by atoms with E-state index in [-0.39, 0.29) is 36.6 Å². The SMILES string of the molecule is O=C(C[C@H]1NC(=O)CC[C@@H]1O)Cn1cnc2ccccc2c1=O. The fourth-order valence-electron chi connectivity index (χ4n) is 2.76. The molecule has 0 spiro atoms. The summed E-state index contributed by atoms with van der Waals surface area (Å²) in [5.74, 6) is -0.409. The Hall–Kier alpha value is -2.54. The van der Waals surface area contributed by atoms with Gasteiger partial charge in [0.25, 0.3) is 5.56 Å². The van der Waals surface area contributed by atoms with E-state index in [0.717, 1.165) is 0 Å². The zero-order chi connectivity index (χ0) is 16.4. The van der Waals surface area contributed by atoms with E-state index in [4.69, 9.17) is 0 Å². The minimum absolute atomic E-state index is 0.00776. The molecule has 120 valence electrons. The lowest BCUT2D eigenvalue weighted by Crippen LogP contribution is -2.49. The number of benzene rings is 1. The molecule has 7 heteroatoms. The topological polar surface area (TPSA) is 101 Å². The van der Waals surface area contributed by atoms with Gasteiger partial charge in [-0.15, -0.1) is 0 Å². The van der Waals surface area contributed by atoms with Gasteiger partial charge in [0, 0.05) is 12.8 Å². The van der Waals surface area contributed by atoms with Crippen LogP contribution in [0.2, 0.25) is 0 Å². The fraction of sp³-hybridized carbons (Fsp3) is 0.375. The highest BCUT2D eigenvalue weighted by atomic mass is 16.3. The van der Waals surface area contributed by atoms with Crippen molar-refractivity contribution in [3.8, 4) is 0 Å². The molecule has 2 aromatic rings. The average Bonchev–Trinajstić information content (AvgIpc) is 2.54. The third kappa shape index (κ3) is 3.29. The third-order valence-electron chi connectivity index (χ3n) is 4.00. The first-order valence-electron chi connectivity index (χ1n) is 7.48. The van der Waals surface area contributed by atoms with Crippen LogP contribution in [0.5, 0.6) is 0 Å². The van der Waals surface area contributed by atoms with Crippen LogP contribution in [-0.4, -0.2) is 38.5 Å². The number of nitrogens with zero attached hydrogens (tertiary/aromatic N) is 2. The van der Waals surface area contributed by atoms with E-state index in [1.165, 1.54) is 10.9 Å². The molecule has 7 nitrogen and oxygen atoms in total. The van der Waals surface area contributed by atoms with Gasteiger partial charge in [-0.1, -0.05) is 12.1 Å². The van der Waals surface area contributed by atoms with Crippen molar-refractivity contribution < 1.29 is 14.7 Å². The number of carbonyl (C=O) groups excluding carboxylic acids is 2. The normalized spacial score (nSPS) is 21.2. The van der Waals surface area contributed by atoms with Crippen LogP contribution in [0, 0.1) is 0 Å². The largest absolute Gasteiger partial charge is 0.391 e. The molecule has 1 fully saturated rings. The standard InChI is InChI=1S/C16H17N3O4/c20-10(7-13-14(21)5-6-15(22)18-13)8-19-9-17-12-4-2-1-3-11(12)16(19)23/h1-4,9,13-14,21H,5-8H2,(H,18,22)/t13-,14+/m1/s1. The Labute approximate surface area is 132 Å². The van der Waals surface area contributed by atoms with Crippen LogP contribution in [0.1, 0.15) is 19.3 Å². The van der Waals surface area contributed by atoms with E-state index in [0.29, 0.717) is 17.3 Å². The molecule has 1 aliphatic rings. The fourth-order valence-corrected chi connectivity index (χ4v) is 2.76. The Morgan fingerprint density at radius 3 is 2.96 bits per heavy atom. The highest BCUT2D eigenvalue weighted by Crippen LogP contribution is 2.13. The molecule has 0 bridgehead atoms. The summed E-state index contributed by atoms with van der Waals surface area (Å²) in [5, 5.41) is 12.9. The van der Waals surface area contributed by atoms with Gasteiger partial charge in [-0.25, -0.2) is 4.98 Å². The maximum absolute atomic E-state index is 12.3. The Morgan fingerprint density at radius 1 is 1.35 bits per heavy atom. The van der Waals surface area contributed by atoms with Gasteiger partial charge in [-0.05, 0) is 18.6 Å². The van der Waals surface area contributed by atoms with Gasteiger partial charge >= 0.3 is 0 Å². The summed E-state index contributed by atoms with van der Waals surface area (Å²) in [5.41, 5.74) is 0.299.